The van der Waals surface area contributed by atoms with Crippen LogP contribution >= 0.6 is 7.82 Å². The van der Waals surface area contributed by atoms with Crippen molar-refractivity contribution >= 4 is 7.82 Å². The molecule has 0 aliphatic rings. The Morgan fingerprint density at radius 2 is 1.05 bits per heavy atom. The molecule has 0 spiro atoms. The Labute approximate surface area is 114 Å². The molecule has 11 nitrogen and oxygen atoms in total. The van der Waals surface area contributed by atoms with Gasteiger partial charge in [0.2, 0.25) is 0 Å². The molecule has 0 aromatic heterocycles. The molecule has 0 unspecified atom stereocenters. The summed E-state index contributed by atoms with van der Waals surface area (Å²) in [5.41, 5.74) is 0. The van der Waals surface area contributed by atoms with Crippen LogP contribution in [-0.4, -0.2) is 96.4 Å². The van der Waals surface area contributed by atoms with Crippen LogP contribution < -0.4 is 0 Å². The fourth-order valence-electron chi connectivity index (χ4n) is 0.650. The van der Waals surface area contributed by atoms with Crippen LogP contribution in [0.25, 0.3) is 0 Å². The highest BCUT2D eigenvalue weighted by molar-refractivity contribution is 7.46. The highest BCUT2D eigenvalue weighted by Crippen LogP contribution is 2.35. The van der Waals surface area contributed by atoms with Crippen LogP contribution in [0.2, 0.25) is 0 Å². The molecule has 0 aromatic carbocycles. The number of rotatable bonds is 8. The summed E-state index contributed by atoms with van der Waals surface area (Å²) in [4.78, 5) is 16.3. The minimum Gasteiger partial charge on any atom is -0.394 e. The molecule has 0 saturated carbocycles. The van der Waals surface area contributed by atoms with Crippen LogP contribution in [0.1, 0.15) is 0 Å². The lowest BCUT2D eigenvalue weighted by atomic mass is 10.2. The summed E-state index contributed by atoms with van der Waals surface area (Å²) >= 11 is 0. The number of hydrogen-bond acceptors (Lipinski definition) is 9. The van der Waals surface area contributed by atoms with Gasteiger partial charge >= 0.3 is 7.82 Å². The first-order valence-corrected chi connectivity index (χ1v) is 6.87. The first kappa shape index (κ1) is 22.1. The molecule has 0 rings (SSSR count). The van der Waals surface area contributed by atoms with Crippen LogP contribution in [0.15, 0.2) is 0 Å². The van der Waals surface area contributed by atoms with E-state index in [1.807, 2.05) is 0 Å². The third-order valence-corrected chi connectivity index (χ3v) is 2.35. The average molecular weight is 324 g/mol. The Morgan fingerprint density at radius 1 is 0.750 bits per heavy atom. The van der Waals surface area contributed by atoms with Crippen LogP contribution in [0, 0.1) is 0 Å². The van der Waals surface area contributed by atoms with Crippen LogP contribution in [0.3, 0.4) is 0 Å². The summed E-state index contributed by atoms with van der Waals surface area (Å²) in [6.07, 6.45) is -5.42. The highest BCUT2D eigenvalue weighted by Gasteiger charge is 2.21. The fourth-order valence-corrected chi connectivity index (χ4v) is 0.996. The van der Waals surface area contributed by atoms with Gasteiger partial charge in [-0.25, -0.2) is 4.57 Å². The second-order valence-corrected chi connectivity index (χ2v) is 4.84. The molecule has 0 aliphatic carbocycles. The monoisotopic (exact) mass is 324 g/mol. The smallest absolute Gasteiger partial charge is 0.394 e. The predicted molar refractivity (Wildman–Crippen MR) is 63.3 cm³/mol. The summed E-state index contributed by atoms with van der Waals surface area (Å²) in [6, 6.07) is 0. The van der Waals surface area contributed by atoms with Gasteiger partial charge in [0, 0.05) is 0 Å². The number of hydrogen-bond donors (Lipinski definition) is 9. The van der Waals surface area contributed by atoms with E-state index in [2.05, 4.69) is 4.52 Å². The van der Waals surface area contributed by atoms with E-state index in [1.54, 1.807) is 0 Å². The Hall–Kier alpha value is -0.170. The molecule has 124 valence electrons. The molecule has 4 atom stereocenters. The van der Waals surface area contributed by atoms with Crippen LogP contribution in [0.5, 0.6) is 0 Å². The van der Waals surface area contributed by atoms with Gasteiger partial charge < -0.3 is 45.5 Å². The molecule has 0 heterocycles. The maximum absolute atomic E-state index is 10.1. The van der Waals surface area contributed by atoms with Crippen molar-refractivity contribution in [1.29, 1.82) is 0 Å². The predicted octanol–water partition coefficient (Wildman–Crippen LogP) is -4.50. The molecule has 0 aliphatic heterocycles. The van der Waals surface area contributed by atoms with Crippen molar-refractivity contribution in [3.63, 3.8) is 0 Å². The van der Waals surface area contributed by atoms with Gasteiger partial charge in [-0.3, -0.25) is 4.52 Å². The molecular formula is C8H21O11P. The first-order valence-electron chi connectivity index (χ1n) is 5.33. The quantitative estimate of drug-likeness (QED) is 0.194. The largest absolute Gasteiger partial charge is 0.469 e. The summed E-state index contributed by atoms with van der Waals surface area (Å²) < 4.78 is 13.9. The maximum Gasteiger partial charge on any atom is 0.469 e. The van der Waals surface area contributed by atoms with Gasteiger partial charge in [-0.1, -0.05) is 0 Å². The third kappa shape index (κ3) is 12.8. The molecule has 0 radical (unpaired) electrons. The molecule has 12 heteroatoms. The SMILES string of the molecule is O=P(O)(O)OC[C@H](O)[C@@H](O)CO.OC[C@@H](O)[C@H](O)CO. The number of aliphatic hydroxyl groups is 7. The summed E-state index contributed by atoms with van der Waals surface area (Å²) in [7, 11) is -4.62. The lowest BCUT2D eigenvalue weighted by molar-refractivity contribution is -0.0388. The molecule has 20 heavy (non-hydrogen) atoms. The topological polar surface area (TPSA) is 208 Å². The Morgan fingerprint density at radius 3 is 1.30 bits per heavy atom. The van der Waals surface area contributed by atoms with Crippen molar-refractivity contribution in [2.24, 2.45) is 0 Å². The van der Waals surface area contributed by atoms with Gasteiger partial charge in [-0.05, 0) is 0 Å². The van der Waals surface area contributed by atoms with E-state index >= 15 is 0 Å². The van der Waals surface area contributed by atoms with Gasteiger partial charge in [0.15, 0.2) is 0 Å². The molecule has 0 fully saturated rings. The van der Waals surface area contributed by atoms with Crippen molar-refractivity contribution < 1.29 is 54.6 Å². The normalized spacial score (nSPS) is 17.6. The standard InChI is InChI=1S/C4H11O7P.C4H10O4/c5-1-3(6)4(7)2-11-12(8,9)10;5-1-3(7)4(8)2-6/h3-7H,1-2H2,(H2,8,9,10);3-8H,1-2H2/t2*3-,4-/m01/s1. The number of phosphoric ester groups is 1. The zero-order chi connectivity index (χ0) is 16.3. The van der Waals surface area contributed by atoms with E-state index < -0.39 is 58.7 Å². The molecule has 0 saturated heterocycles. The molecule has 9 N–H and O–H groups in total. The second-order valence-electron chi connectivity index (χ2n) is 3.60. The van der Waals surface area contributed by atoms with Gasteiger partial charge in [0.25, 0.3) is 0 Å². The van der Waals surface area contributed by atoms with Gasteiger partial charge in [-0.2, -0.15) is 0 Å². The molecule has 0 amide bonds. The number of phosphoric acid groups is 1. The van der Waals surface area contributed by atoms with Crippen molar-refractivity contribution in [3.05, 3.63) is 0 Å². The highest BCUT2D eigenvalue weighted by atomic mass is 31.2. The van der Waals surface area contributed by atoms with Crippen LogP contribution in [-0.2, 0) is 9.09 Å². The molecule has 0 aromatic rings. The Balaban J connectivity index is 0. The zero-order valence-electron chi connectivity index (χ0n) is 10.4. The summed E-state index contributed by atoms with van der Waals surface area (Å²) in [5, 5.41) is 58.9. The number of aliphatic hydroxyl groups excluding tert-OH is 7. The van der Waals surface area contributed by atoms with Crippen LogP contribution in [0.4, 0.5) is 0 Å². The van der Waals surface area contributed by atoms with E-state index in [9.17, 15) is 4.57 Å². The first-order chi connectivity index (χ1) is 9.08. The van der Waals surface area contributed by atoms with Crippen molar-refractivity contribution in [2.45, 2.75) is 24.4 Å². The van der Waals surface area contributed by atoms with Crippen molar-refractivity contribution in [2.75, 3.05) is 26.4 Å². The maximum atomic E-state index is 10.1. The lowest BCUT2D eigenvalue weighted by Gasteiger charge is -2.15. The van der Waals surface area contributed by atoms with E-state index in [-0.39, 0.29) is 0 Å². The van der Waals surface area contributed by atoms with Gasteiger partial charge in [-0.15, -0.1) is 0 Å². The van der Waals surface area contributed by atoms with E-state index in [4.69, 9.17) is 45.5 Å². The summed E-state index contributed by atoms with van der Waals surface area (Å²) in [5.74, 6) is 0. The second kappa shape index (κ2) is 11.5. The van der Waals surface area contributed by atoms with Crippen molar-refractivity contribution in [3.8, 4) is 0 Å². The zero-order valence-corrected chi connectivity index (χ0v) is 11.3. The minimum absolute atomic E-state index is 0.526. The minimum atomic E-state index is -4.62. The van der Waals surface area contributed by atoms with E-state index in [1.165, 1.54) is 0 Å². The van der Waals surface area contributed by atoms with Gasteiger partial charge in [0.1, 0.15) is 24.4 Å². The fraction of sp³-hybridized carbons (Fsp3) is 1.00. The molecule has 0 bridgehead atoms. The van der Waals surface area contributed by atoms with E-state index in [0.717, 1.165) is 0 Å². The molecular weight excluding hydrogens is 303 g/mol. The Bertz CT molecular complexity index is 261. The third-order valence-electron chi connectivity index (χ3n) is 1.86. The lowest BCUT2D eigenvalue weighted by Crippen LogP contribution is -2.32. The van der Waals surface area contributed by atoms with E-state index in [0.29, 0.717) is 0 Å². The average Bonchev–Trinajstić information content (AvgIpc) is 2.41. The summed E-state index contributed by atoms with van der Waals surface area (Å²) in [6.45, 7) is -2.48. The Kier molecular flexibility index (Phi) is 12.7. The van der Waals surface area contributed by atoms with Crippen molar-refractivity contribution in [1.82, 2.24) is 0 Å². The van der Waals surface area contributed by atoms with Gasteiger partial charge in [0.05, 0.1) is 26.4 Å².